The van der Waals surface area contributed by atoms with Crippen molar-refractivity contribution in [2.75, 3.05) is 0 Å². The number of hydrogen-bond donors (Lipinski definition) is 0. The highest BCUT2D eigenvalue weighted by atomic mass is 16.6. The first-order chi connectivity index (χ1) is 15.4. The first-order valence-corrected chi connectivity index (χ1v) is 11.5. The third-order valence-electron chi connectivity index (χ3n) is 5.62. The summed E-state index contributed by atoms with van der Waals surface area (Å²) in [7, 11) is 0. The van der Waals surface area contributed by atoms with E-state index in [-0.39, 0.29) is 5.56 Å². The molecule has 0 saturated carbocycles. The van der Waals surface area contributed by atoms with Gasteiger partial charge in [-0.1, -0.05) is 89.0 Å². The maximum absolute atomic E-state index is 12.7. The molecule has 0 unspecified atom stereocenters. The lowest BCUT2D eigenvalue weighted by Gasteiger charge is -2.05. The zero-order chi connectivity index (χ0) is 23.3. The van der Waals surface area contributed by atoms with E-state index in [2.05, 4.69) is 6.92 Å². The molecule has 2 aromatic rings. The van der Waals surface area contributed by atoms with Gasteiger partial charge < -0.3 is 0 Å². The van der Waals surface area contributed by atoms with Gasteiger partial charge in [0.25, 0.3) is 11.4 Å². The van der Waals surface area contributed by atoms with Crippen molar-refractivity contribution in [3.05, 3.63) is 79.4 Å². The Bertz CT molecular complexity index is 877. The molecular weight excluding hydrogens is 408 g/mol. The minimum atomic E-state index is -0.737. The number of ketones is 1. The summed E-state index contributed by atoms with van der Waals surface area (Å²) in [4.78, 5) is 33.3. The second kappa shape index (κ2) is 13.3. The van der Waals surface area contributed by atoms with Crippen molar-refractivity contribution < 1.29 is 14.6 Å². The maximum atomic E-state index is 12.7. The molecule has 0 saturated heterocycles. The van der Waals surface area contributed by atoms with Crippen molar-refractivity contribution in [3.63, 3.8) is 0 Å². The SMILES string of the molecule is CCCCCCCCCCCCc1ccc(C(=O)c2cc([N+](=O)[O-])cc([N+](=O)[O-])c2)cc1. The molecular formula is C25H32N2O5. The van der Waals surface area contributed by atoms with Crippen LogP contribution in [0.15, 0.2) is 42.5 Å². The highest BCUT2D eigenvalue weighted by Crippen LogP contribution is 2.24. The zero-order valence-electron chi connectivity index (χ0n) is 18.8. The molecule has 7 heteroatoms. The van der Waals surface area contributed by atoms with Gasteiger partial charge in [-0.15, -0.1) is 0 Å². The molecule has 172 valence electrons. The van der Waals surface area contributed by atoms with Crippen LogP contribution in [0.3, 0.4) is 0 Å². The zero-order valence-corrected chi connectivity index (χ0v) is 18.8. The lowest BCUT2D eigenvalue weighted by molar-refractivity contribution is -0.394. The molecule has 0 fully saturated rings. The fraction of sp³-hybridized carbons (Fsp3) is 0.480. The Hall–Kier alpha value is -3.09. The molecule has 2 rings (SSSR count). The molecule has 0 radical (unpaired) electrons. The minimum absolute atomic E-state index is 0.0617. The Kier molecular flexibility index (Phi) is 10.5. The molecule has 0 amide bonds. The van der Waals surface area contributed by atoms with Gasteiger partial charge in [-0.2, -0.15) is 0 Å². The van der Waals surface area contributed by atoms with E-state index in [4.69, 9.17) is 0 Å². The number of carbonyl (C=O) groups excluding carboxylic acids is 1. The van der Waals surface area contributed by atoms with Crippen LogP contribution in [0.25, 0.3) is 0 Å². The van der Waals surface area contributed by atoms with Gasteiger partial charge in [0.1, 0.15) is 0 Å². The molecule has 0 spiro atoms. The van der Waals surface area contributed by atoms with Gasteiger partial charge in [0, 0.05) is 23.3 Å². The van der Waals surface area contributed by atoms with Gasteiger partial charge in [0.05, 0.1) is 15.9 Å². The van der Waals surface area contributed by atoms with Crippen LogP contribution < -0.4 is 0 Å². The Morgan fingerprint density at radius 2 is 1.16 bits per heavy atom. The quantitative estimate of drug-likeness (QED) is 0.126. The maximum Gasteiger partial charge on any atom is 0.277 e. The highest BCUT2D eigenvalue weighted by Gasteiger charge is 2.20. The van der Waals surface area contributed by atoms with E-state index in [9.17, 15) is 25.0 Å². The van der Waals surface area contributed by atoms with Gasteiger partial charge in [-0.25, -0.2) is 0 Å². The molecule has 0 heterocycles. The van der Waals surface area contributed by atoms with Crippen LogP contribution in [0.1, 0.15) is 92.6 Å². The summed E-state index contributed by atoms with van der Waals surface area (Å²) in [6.45, 7) is 2.23. The predicted molar refractivity (Wildman–Crippen MR) is 125 cm³/mol. The van der Waals surface area contributed by atoms with Crippen molar-refractivity contribution in [1.82, 2.24) is 0 Å². The van der Waals surface area contributed by atoms with Crippen LogP contribution in [-0.2, 0) is 6.42 Å². The van der Waals surface area contributed by atoms with Gasteiger partial charge >= 0.3 is 0 Å². The predicted octanol–water partition coefficient (Wildman–Crippen LogP) is 7.20. The number of benzene rings is 2. The third-order valence-corrected chi connectivity index (χ3v) is 5.62. The van der Waals surface area contributed by atoms with Crippen molar-refractivity contribution in [1.29, 1.82) is 0 Å². The summed E-state index contributed by atoms with van der Waals surface area (Å²) in [6.07, 6.45) is 13.7. The van der Waals surface area contributed by atoms with E-state index >= 15 is 0 Å². The number of non-ortho nitro benzene ring substituents is 2. The highest BCUT2D eigenvalue weighted by molar-refractivity contribution is 6.09. The Labute approximate surface area is 189 Å². The lowest BCUT2D eigenvalue weighted by atomic mass is 9.99. The first kappa shape index (κ1) is 25.2. The fourth-order valence-electron chi connectivity index (χ4n) is 3.74. The first-order valence-electron chi connectivity index (χ1n) is 11.5. The lowest BCUT2D eigenvalue weighted by Crippen LogP contribution is -2.04. The van der Waals surface area contributed by atoms with Crippen molar-refractivity contribution >= 4 is 17.2 Å². The number of nitrogens with zero attached hydrogens (tertiary/aromatic N) is 2. The number of aryl methyl sites for hydroxylation is 1. The van der Waals surface area contributed by atoms with Crippen LogP contribution in [0.5, 0.6) is 0 Å². The van der Waals surface area contributed by atoms with Crippen molar-refractivity contribution in [2.45, 2.75) is 77.6 Å². The van der Waals surface area contributed by atoms with E-state index in [1.807, 2.05) is 12.1 Å². The van der Waals surface area contributed by atoms with E-state index < -0.39 is 27.0 Å². The van der Waals surface area contributed by atoms with E-state index in [1.165, 1.54) is 57.8 Å². The van der Waals surface area contributed by atoms with Gasteiger partial charge in [-0.05, 0) is 18.4 Å². The summed E-state index contributed by atoms with van der Waals surface area (Å²) >= 11 is 0. The Morgan fingerprint density at radius 3 is 1.62 bits per heavy atom. The summed E-state index contributed by atoms with van der Waals surface area (Å²) < 4.78 is 0. The Balaban J connectivity index is 1.83. The molecule has 0 aliphatic heterocycles. The minimum Gasteiger partial charge on any atom is -0.289 e. The number of hydrogen-bond acceptors (Lipinski definition) is 5. The van der Waals surface area contributed by atoms with Crippen LogP contribution >= 0.6 is 0 Å². The second-order valence-corrected chi connectivity index (χ2v) is 8.21. The smallest absolute Gasteiger partial charge is 0.277 e. The number of nitro groups is 2. The summed E-state index contributed by atoms with van der Waals surface area (Å²) in [5.74, 6) is -0.470. The molecule has 0 bridgehead atoms. The van der Waals surface area contributed by atoms with Gasteiger partial charge in [-0.3, -0.25) is 25.0 Å². The molecule has 0 aliphatic carbocycles. The van der Waals surface area contributed by atoms with Crippen LogP contribution in [0.4, 0.5) is 11.4 Å². The normalized spacial score (nSPS) is 10.8. The molecule has 0 N–H and O–H groups in total. The monoisotopic (exact) mass is 440 g/mol. The molecule has 0 atom stereocenters. The molecule has 7 nitrogen and oxygen atoms in total. The largest absolute Gasteiger partial charge is 0.289 e. The standard InChI is InChI=1S/C25H32N2O5/c1-2-3-4-5-6-7-8-9-10-11-12-20-13-15-21(16-14-20)25(28)22-17-23(26(29)30)19-24(18-22)27(31)32/h13-19H,2-12H2,1H3. The average Bonchev–Trinajstić information content (AvgIpc) is 2.79. The van der Waals surface area contributed by atoms with Crippen LogP contribution in [0, 0.1) is 20.2 Å². The average molecular weight is 441 g/mol. The van der Waals surface area contributed by atoms with Crippen molar-refractivity contribution in [2.24, 2.45) is 0 Å². The fourth-order valence-corrected chi connectivity index (χ4v) is 3.74. The van der Waals surface area contributed by atoms with E-state index in [0.29, 0.717) is 5.56 Å². The third kappa shape index (κ3) is 8.21. The van der Waals surface area contributed by atoms with Crippen molar-refractivity contribution in [3.8, 4) is 0 Å². The second-order valence-electron chi connectivity index (χ2n) is 8.21. The number of unbranched alkanes of at least 4 members (excludes halogenated alkanes) is 9. The summed E-state index contributed by atoms with van der Waals surface area (Å²) in [6, 6.07) is 10.1. The van der Waals surface area contributed by atoms with Gasteiger partial charge in [0.15, 0.2) is 5.78 Å². The molecule has 32 heavy (non-hydrogen) atoms. The topological polar surface area (TPSA) is 103 Å². The summed E-state index contributed by atoms with van der Waals surface area (Å²) in [5, 5.41) is 22.1. The molecule has 0 aliphatic rings. The van der Waals surface area contributed by atoms with E-state index in [0.717, 1.165) is 36.6 Å². The molecule has 2 aromatic carbocycles. The van der Waals surface area contributed by atoms with Gasteiger partial charge in [0.2, 0.25) is 0 Å². The Morgan fingerprint density at radius 1 is 0.688 bits per heavy atom. The van der Waals surface area contributed by atoms with Crippen LogP contribution in [0.2, 0.25) is 0 Å². The number of carbonyl (C=O) groups is 1. The molecule has 0 aromatic heterocycles. The van der Waals surface area contributed by atoms with E-state index in [1.54, 1.807) is 12.1 Å². The van der Waals surface area contributed by atoms with Crippen LogP contribution in [-0.4, -0.2) is 15.6 Å². The number of rotatable bonds is 15. The summed E-state index contributed by atoms with van der Waals surface area (Å²) in [5.41, 5.74) is 0.478. The number of nitro benzene ring substituents is 2.